The molecule has 0 radical (unpaired) electrons. The van der Waals surface area contributed by atoms with E-state index >= 15 is 0 Å². The number of thiocarbonyl (C=S) groups is 2. The van der Waals surface area contributed by atoms with E-state index in [-0.39, 0.29) is 0 Å². The minimum atomic E-state index is 0.514. The first-order valence-corrected chi connectivity index (χ1v) is 5.30. The number of hydrogen-bond donors (Lipinski definition) is 3. The summed E-state index contributed by atoms with van der Waals surface area (Å²) < 4.78 is 0. The Morgan fingerprint density at radius 2 is 1.60 bits per heavy atom. The van der Waals surface area contributed by atoms with Gasteiger partial charge in [0.2, 0.25) is 0 Å². The number of anilines is 2. The average Bonchev–Trinajstić information content (AvgIpc) is 2.17. The molecule has 0 heterocycles. The first-order chi connectivity index (χ1) is 7.11. The minimum absolute atomic E-state index is 0.514. The average molecular weight is 239 g/mol. The van der Waals surface area contributed by atoms with Crippen molar-refractivity contribution in [2.75, 3.05) is 17.7 Å². The molecular formula is C10H13N3S2. The third-order valence-corrected chi connectivity index (χ3v) is 2.03. The molecule has 3 N–H and O–H groups in total. The first-order valence-electron chi connectivity index (χ1n) is 4.48. The van der Waals surface area contributed by atoms with E-state index in [0.717, 1.165) is 11.4 Å². The van der Waals surface area contributed by atoms with Gasteiger partial charge in [0.15, 0.2) is 5.11 Å². The van der Waals surface area contributed by atoms with E-state index in [0.29, 0.717) is 10.1 Å². The molecule has 0 aromatic heterocycles. The van der Waals surface area contributed by atoms with Gasteiger partial charge in [0.25, 0.3) is 0 Å². The van der Waals surface area contributed by atoms with E-state index < -0.39 is 0 Å². The summed E-state index contributed by atoms with van der Waals surface area (Å²) in [4.78, 5) is 0.652. The maximum absolute atomic E-state index is 5.05. The van der Waals surface area contributed by atoms with Crippen molar-refractivity contribution in [1.82, 2.24) is 5.32 Å². The van der Waals surface area contributed by atoms with Gasteiger partial charge in [-0.25, -0.2) is 0 Å². The third kappa shape index (κ3) is 4.22. The van der Waals surface area contributed by atoms with E-state index in [1.807, 2.05) is 31.3 Å². The zero-order valence-corrected chi connectivity index (χ0v) is 10.3. The van der Waals surface area contributed by atoms with E-state index in [2.05, 4.69) is 16.0 Å². The highest BCUT2D eigenvalue weighted by Crippen LogP contribution is 2.12. The van der Waals surface area contributed by atoms with Crippen LogP contribution in [0.3, 0.4) is 0 Å². The molecule has 80 valence electrons. The van der Waals surface area contributed by atoms with Crippen molar-refractivity contribution in [2.45, 2.75) is 6.92 Å². The van der Waals surface area contributed by atoms with Crippen molar-refractivity contribution in [2.24, 2.45) is 0 Å². The highest BCUT2D eigenvalue weighted by molar-refractivity contribution is 7.82. The Balaban J connectivity index is 2.57. The molecule has 0 unspecified atom stereocenters. The first kappa shape index (κ1) is 11.9. The van der Waals surface area contributed by atoms with Crippen LogP contribution in [-0.2, 0) is 0 Å². The zero-order chi connectivity index (χ0) is 11.3. The van der Waals surface area contributed by atoms with Crippen molar-refractivity contribution in [3.63, 3.8) is 0 Å². The highest BCUT2D eigenvalue weighted by atomic mass is 32.1. The number of hydrogen-bond acceptors (Lipinski definition) is 3. The smallest absolute Gasteiger partial charge is 0.175 e. The van der Waals surface area contributed by atoms with E-state index in [9.17, 15) is 0 Å². The van der Waals surface area contributed by atoms with Gasteiger partial charge in [0.1, 0.15) is 0 Å². The number of nitrogens with one attached hydrogen (secondary N) is 3. The predicted molar refractivity (Wildman–Crippen MR) is 73.6 cm³/mol. The van der Waals surface area contributed by atoms with Crippen LogP contribution in [0, 0.1) is 0 Å². The summed E-state index contributed by atoms with van der Waals surface area (Å²) >= 11 is 9.93. The van der Waals surface area contributed by atoms with Gasteiger partial charge in [-0.2, -0.15) is 0 Å². The molecule has 0 spiro atoms. The maximum Gasteiger partial charge on any atom is 0.175 e. The molecule has 15 heavy (non-hydrogen) atoms. The Bertz CT molecular complexity index is 359. The molecule has 0 saturated heterocycles. The summed E-state index contributed by atoms with van der Waals surface area (Å²) in [7, 11) is 1.88. The Hall–Kier alpha value is -1.20. The molecule has 0 aliphatic heterocycles. The van der Waals surface area contributed by atoms with E-state index in [1.54, 1.807) is 6.92 Å². The topological polar surface area (TPSA) is 36.1 Å². The van der Waals surface area contributed by atoms with Crippen LogP contribution in [0.15, 0.2) is 24.3 Å². The molecular weight excluding hydrogens is 226 g/mol. The monoisotopic (exact) mass is 239 g/mol. The summed E-state index contributed by atoms with van der Waals surface area (Å²) in [6.07, 6.45) is 0. The fourth-order valence-electron chi connectivity index (χ4n) is 1.04. The normalized spacial score (nSPS) is 9.20. The second-order valence-electron chi connectivity index (χ2n) is 2.96. The van der Waals surface area contributed by atoms with Crippen LogP contribution < -0.4 is 16.0 Å². The lowest BCUT2D eigenvalue weighted by molar-refractivity contribution is 1.40. The van der Waals surface area contributed by atoms with Crippen LogP contribution in [0.5, 0.6) is 0 Å². The maximum atomic E-state index is 5.05. The molecule has 0 bridgehead atoms. The van der Waals surface area contributed by atoms with Gasteiger partial charge in [-0.3, -0.25) is 0 Å². The van der Waals surface area contributed by atoms with E-state index in [4.69, 9.17) is 24.4 Å². The van der Waals surface area contributed by atoms with Gasteiger partial charge in [-0.05, 0) is 43.4 Å². The molecule has 0 amide bonds. The Kier molecular flexibility index (Phi) is 4.45. The fraction of sp³-hybridized carbons (Fsp3) is 0.200. The molecule has 1 aromatic rings. The van der Waals surface area contributed by atoms with Crippen molar-refractivity contribution in [3.05, 3.63) is 24.3 Å². The molecule has 3 nitrogen and oxygen atoms in total. The lowest BCUT2D eigenvalue weighted by Crippen LogP contribution is -2.31. The Labute approximate surface area is 100 Å². The fourth-order valence-corrected chi connectivity index (χ4v) is 1.48. The lowest BCUT2D eigenvalue weighted by atomic mass is 10.3. The predicted octanol–water partition coefficient (Wildman–Crippen LogP) is 2.36. The van der Waals surface area contributed by atoms with Crippen molar-refractivity contribution >= 4 is 45.9 Å². The largest absolute Gasteiger partial charge is 0.388 e. The van der Waals surface area contributed by atoms with Crippen molar-refractivity contribution in [1.29, 1.82) is 0 Å². The molecule has 0 aliphatic rings. The molecule has 1 aromatic carbocycles. The summed E-state index contributed by atoms with van der Waals surface area (Å²) in [5.41, 5.74) is 1.99. The number of rotatable bonds is 2. The molecule has 5 heteroatoms. The SMILES string of the molecule is CNc1ccc(NC(=S)NC(C)=S)cc1. The van der Waals surface area contributed by atoms with Gasteiger partial charge in [0, 0.05) is 18.4 Å². The quantitative estimate of drug-likeness (QED) is 0.691. The standard InChI is InChI=1S/C10H13N3S2/c1-7(14)12-10(15)13-9-5-3-8(11-2)4-6-9/h3-6,11H,1-2H3,(H2,12,13,14,15). The summed E-state index contributed by atoms with van der Waals surface area (Å²) in [6, 6.07) is 7.82. The molecule has 0 fully saturated rings. The molecule has 0 aliphatic carbocycles. The Morgan fingerprint density at radius 3 is 2.07 bits per heavy atom. The van der Waals surface area contributed by atoms with Crippen molar-refractivity contribution < 1.29 is 0 Å². The van der Waals surface area contributed by atoms with Crippen LogP contribution in [-0.4, -0.2) is 17.1 Å². The third-order valence-electron chi connectivity index (χ3n) is 1.72. The minimum Gasteiger partial charge on any atom is -0.388 e. The van der Waals surface area contributed by atoms with E-state index in [1.165, 1.54) is 0 Å². The lowest BCUT2D eigenvalue weighted by Gasteiger charge is -2.09. The van der Waals surface area contributed by atoms with Gasteiger partial charge in [0.05, 0.1) is 4.99 Å². The Morgan fingerprint density at radius 1 is 1.07 bits per heavy atom. The highest BCUT2D eigenvalue weighted by Gasteiger charge is 1.97. The second-order valence-corrected chi connectivity index (χ2v) is 3.98. The van der Waals surface area contributed by atoms with Gasteiger partial charge < -0.3 is 16.0 Å². The van der Waals surface area contributed by atoms with Crippen LogP contribution in [0.25, 0.3) is 0 Å². The van der Waals surface area contributed by atoms with Crippen LogP contribution in [0.4, 0.5) is 11.4 Å². The molecule has 0 saturated carbocycles. The molecule has 0 atom stereocenters. The van der Waals surface area contributed by atoms with Crippen LogP contribution in [0.1, 0.15) is 6.92 Å². The summed E-state index contributed by atoms with van der Waals surface area (Å²) in [5, 5.41) is 9.44. The zero-order valence-electron chi connectivity index (χ0n) is 8.63. The molecule has 1 rings (SSSR count). The van der Waals surface area contributed by atoms with Gasteiger partial charge in [-0.15, -0.1) is 0 Å². The van der Waals surface area contributed by atoms with Crippen LogP contribution in [0.2, 0.25) is 0 Å². The summed E-state index contributed by atoms with van der Waals surface area (Å²) in [6.45, 7) is 1.79. The van der Waals surface area contributed by atoms with Crippen molar-refractivity contribution in [3.8, 4) is 0 Å². The van der Waals surface area contributed by atoms with Gasteiger partial charge >= 0.3 is 0 Å². The summed E-state index contributed by atoms with van der Waals surface area (Å²) in [5.74, 6) is 0. The number of benzene rings is 1. The van der Waals surface area contributed by atoms with Crippen LogP contribution >= 0.6 is 24.4 Å². The van der Waals surface area contributed by atoms with Gasteiger partial charge in [-0.1, -0.05) is 12.2 Å². The second kappa shape index (κ2) is 5.63.